The van der Waals surface area contributed by atoms with Gasteiger partial charge in [-0.05, 0) is 27.5 Å². The van der Waals surface area contributed by atoms with Crippen molar-refractivity contribution in [3.8, 4) is 0 Å². The average molecular weight is 521 g/mol. The predicted molar refractivity (Wildman–Crippen MR) is 119 cm³/mol. The summed E-state index contributed by atoms with van der Waals surface area (Å²) in [7, 11) is 0. The van der Waals surface area contributed by atoms with Gasteiger partial charge in [-0.25, -0.2) is 0 Å². The normalized spacial score (nSPS) is 22.3. The molecule has 0 nitrogen and oxygen atoms in total. The summed E-state index contributed by atoms with van der Waals surface area (Å²) in [5, 5.41) is 3.47. The van der Waals surface area contributed by atoms with Gasteiger partial charge in [-0.15, -0.1) is 0 Å². The fraction of sp³-hybridized carbons (Fsp3) is 0.182. The number of alkyl halides is 3. The van der Waals surface area contributed by atoms with Gasteiger partial charge in [0.1, 0.15) is 0 Å². The van der Waals surface area contributed by atoms with Crippen LogP contribution in [0.3, 0.4) is 0 Å². The van der Waals surface area contributed by atoms with Gasteiger partial charge >= 0.3 is 0 Å². The van der Waals surface area contributed by atoms with Crippen molar-refractivity contribution in [1.82, 2.24) is 0 Å². The fourth-order valence-electron chi connectivity index (χ4n) is 3.89. The summed E-state index contributed by atoms with van der Waals surface area (Å²) >= 11 is 11.5. The molecule has 0 fully saturated rings. The summed E-state index contributed by atoms with van der Waals surface area (Å²) < 4.78 is 0.153. The molecule has 2 unspecified atom stereocenters. The van der Waals surface area contributed by atoms with E-state index in [1.165, 1.54) is 27.5 Å². The molecular weight excluding hydrogens is 504 g/mol. The molecule has 0 heterocycles. The molecule has 1 aliphatic carbocycles. The first-order valence-corrected chi connectivity index (χ1v) is 11.2. The monoisotopic (exact) mass is 518 g/mol. The third-order valence-corrected chi connectivity index (χ3v) is 7.87. The van der Waals surface area contributed by atoms with E-state index in [1.54, 1.807) is 0 Å². The van der Waals surface area contributed by atoms with Crippen LogP contribution in [-0.4, -0.2) is 9.07 Å². The molecule has 0 radical (unpaired) electrons. The Morgan fingerprint density at radius 3 is 2.32 bits per heavy atom. The standard InChI is InChI=1S/C22H17Br3/c23-14-22(21(24)25)13-12-16-7-2-4-10-18(16)20(22)19-11-5-8-15-6-1-3-9-17(15)19/h1-13,20-21H,14H2. The summed E-state index contributed by atoms with van der Waals surface area (Å²) in [6.07, 6.45) is 4.61. The molecule has 3 aromatic rings. The van der Waals surface area contributed by atoms with E-state index in [0.29, 0.717) is 0 Å². The van der Waals surface area contributed by atoms with Crippen LogP contribution in [0.15, 0.2) is 72.8 Å². The maximum Gasteiger partial charge on any atom is 0.0805 e. The molecule has 25 heavy (non-hydrogen) atoms. The van der Waals surface area contributed by atoms with Crippen molar-refractivity contribution in [2.75, 3.05) is 5.33 Å². The molecule has 2 atom stereocenters. The van der Waals surface area contributed by atoms with Gasteiger partial charge in [-0.1, -0.05) is 127 Å². The van der Waals surface area contributed by atoms with Gasteiger partial charge in [-0.3, -0.25) is 0 Å². The lowest BCUT2D eigenvalue weighted by Gasteiger charge is -2.43. The zero-order chi connectivity index (χ0) is 17.4. The van der Waals surface area contributed by atoms with Crippen molar-refractivity contribution in [1.29, 1.82) is 0 Å². The van der Waals surface area contributed by atoms with Crippen molar-refractivity contribution in [3.05, 3.63) is 89.5 Å². The molecule has 0 saturated heterocycles. The van der Waals surface area contributed by atoms with E-state index in [4.69, 9.17) is 0 Å². The minimum absolute atomic E-state index is 0.0987. The van der Waals surface area contributed by atoms with Crippen LogP contribution in [-0.2, 0) is 0 Å². The maximum absolute atomic E-state index is 3.84. The second-order valence-electron chi connectivity index (χ2n) is 6.51. The molecule has 4 rings (SSSR count). The van der Waals surface area contributed by atoms with Gasteiger partial charge < -0.3 is 0 Å². The third-order valence-electron chi connectivity index (χ3n) is 5.19. The first-order chi connectivity index (χ1) is 12.2. The highest BCUT2D eigenvalue weighted by atomic mass is 79.9. The van der Waals surface area contributed by atoms with Gasteiger partial charge in [0.15, 0.2) is 0 Å². The number of rotatable bonds is 3. The van der Waals surface area contributed by atoms with E-state index >= 15 is 0 Å². The van der Waals surface area contributed by atoms with E-state index in [-0.39, 0.29) is 15.1 Å². The molecule has 0 spiro atoms. The SMILES string of the molecule is BrCC1(C(Br)Br)C=Cc2ccccc2C1c1cccc2ccccc12. The minimum Gasteiger partial charge on any atom is -0.0918 e. The molecule has 3 aromatic carbocycles. The Morgan fingerprint density at radius 2 is 1.52 bits per heavy atom. The third kappa shape index (κ3) is 2.85. The number of hydrogen-bond donors (Lipinski definition) is 0. The van der Waals surface area contributed by atoms with Gasteiger partial charge in [0, 0.05) is 16.7 Å². The van der Waals surface area contributed by atoms with Crippen LogP contribution in [0.4, 0.5) is 0 Å². The highest BCUT2D eigenvalue weighted by Gasteiger charge is 2.45. The Balaban J connectivity index is 2.05. The molecule has 0 aromatic heterocycles. The summed E-state index contributed by atoms with van der Waals surface area (Å²) in [6, 6.07) is 24.1. The summed E-state index contributed by atoms with van der Waals surface area (Å²) in [5.41, 5.74) is 3.96. The smallest absolute Gasteiger partial charge is 0.0805 e. The second kappa shape index (κ2) is 7.02. The van der Waals surface area contributed by atoms with E-state index < -0.39 is 0 Å². The summed E-state index contributed by atoms with van der Waals surface area (Å²) in [6.45, 7) is 0. The topological polar surface area (TPSA) is 0 Å². The lowest BCUT2D eigenvalue weighted by atomic mass is 9.66. The van der Waals surface area contributed by atoms with Crippen LogP contribution in [0.1, 0.15) is 22.6 Å². The Hall–Kier alpha value is -0.900. The zero-order valence-electron chi connectivity index (χ0n) is 13.5. The fourth-order valence-corrected chi connectivity index (χ4v) is 6.76. The lowest BCUT2D eigenvalue weighted by Crippen LogP contribution is -2.37. The molecule has 0 saturated carbocycles. The van der Waals surface area contributed by atoms with E-state index in [0.717, 1.165) is 5.33 Å². The molecule has 1 aliphatic rings. The number of hydrogen-bond acceptors (Lipinski definition) is 0. The van der Waals surface area contributed by atoms with Crippen molar-refractivity contribution >= 4 is 64.6 Å². The predicted octanol–water partition coefficient (Wildman–Crippen LogP) is 7.50. The quantitative estimate of drug-likeness (QED) is 0.314. The molecule has 0 amide bonds. The van der Waals surface area contributed by atoms with E-state index in [2.05, 4.69) is 127 Å². The molecule has 0 aliphatic heterocycles. The lowest BCUT2D eigenvalue weighted by molar-refractivity contribution is 0.427. The van der Waals surface area contributed by atoms with Crippen LogP contribution in [0, 0.1) is 5.41 Å². The largest absolute Gasteiger partial charge is 0.0918 e. The number of fused-ring (bicyclic) bond motifs is 2. The molecule has 126 valence electrons. The van der Waals surface area contributed by atoms with E-state index in [1.807, 2.05) is 0 Å². The first-order valence-electron chi connectivity index (χ1n) is 8.27. The number of benzene rings is 3. The van der Waals surface area contributed by atoms with Gasteiger partial charge in [0.05, 0.1) is 3.74 Å². The van der Waals surface area contributed by atoms with Crippen molar-refractivity contribution in [3.63, 3.8) is 0 Å². The molecule has 0 bridgehead atoms. The Labute approximate surface area is 173 Å². The second-order valence-corrected chi connectivity index (χ2v) is 10.1. The Bertz CT molecular complexity index is 939. The van der Waals surface area contributed by atoms with Crippen LogP contribution in [0.2, 0.25) is 0 Å². The van der Waals surface area contributed by atoms with Crippen LogP contribution in [0.25, 0.3) is 16.8 Å². The number of halogens is 3. The van der Waals surface area contributed by atoms with Gasteiger partial charge in [0.25, 0.3) is 0 Å². The van der Waals surface area contributed by atoms with Gasteiger partial charge in [-0.2, -0.15) is 0 Å². The minimum atomic E-state index is -0.0987. The highest BCUT2D eigenvalue weighted by molar-refractivity contribution is 9.24. The number of allylic oxidation sites excluding steroid dienone is 1. The van der Waals surface area contributed by atoms with Crippen molar-refractivity contribution in [2.24, 2.45) is 5.41 Å². The zero-order valence-corrected chi connectivity index (χ0v) is 18.3. The molecule has 0 N–H and O–H groups in total. The first kappa shape index (κ1) is 17.5. The average Bonchev–Trinajstić information content (AvgIpc) is 2.66. The Morgan fingerprint density at radius 1 is 0.840 bits per heavy atom. The highest BCUT2D eigenvalue weighted by Crippen LogP contribution is 2.54. The summed E-state index contributed by atoms with van der Waals surface area (Å²) in [4.78, 5) is 0. The van der Waals surface area contributed by atoms with Crippen LogP contribution < -0.4 is 0 Å². The molecular formula is C22H17Br3. The maximum atomic E-state index is 3.84. The van der Waals surface area contributed by atoms with Crippen LogP contribution in [0.5, 0.6) is 0 Å². The van der Waals surface area contributed by atoms with Crippen molar-refractivity contribution < 1.29 is 0 Å². The Kier molecular flexibility index (Phi) is 4.91. The molecule has 3 heteroatoms. The van der Waals surface area contributed by atoms with E-state index in [9.17, 15) is 0 Å². The van der Waals surface area contributed by atoms with Crippen LogP contribution >= 0.6 is 47.8 Å². The van der Waals surface area contributed by atoms with Crippen molar-refractivity contribution in [2.45, 2.75) is 9.65 Å². The summed E-state index contributed by atoms with van der Waals surface area (Å²) in [5.74, 6) is 0.253. The van der Waals surface area contributed by atoms with Gasteiger partial charge in [0.2, 0.25) is 0 Å².